The highest BCUT2D eigenvalue weighted by atomic mass is 32.2. The second-order valence-electron chi connectivity index (χ2n) is 2.97. The highest BCUT2D eigenvalue weighted by molar-refractivity contribution is 8.00. The quantitative estimate of drug-likeness (QED) is 0.616. The largest absolute Gasteiger partial charge is 0.274 e. The Morgan fingerprint density at radius 3 is 2.44 bits per heavy atom. The lowest BCUT2D eigenvalue weighted by Gasteiger charge is -2.04. The van der Waals surface area contributed by atoms with Crippen LogP contribution >= 0.6 is 11.8 Å². The predicted octanol–water partition coefficient (Wildman–Crippen LogP) is 1.09. The van der Waals surface area contributed by atoms with Gasteiger partial charge < -0.3 is 0 Å². The number of hydrogen-bond acceptors (Lipinski definition) is 3. The van der Waals surface area contributed by atoms with E-state index in [2.05, 4.69) is 10.9 Å². The van der Waals surface area contributed by atoms with Crippen molar-refractivity contribution in [3.05, 3.63) is 30.1 Å². The van der Waals surface area contributed by atoms with Gasteiger partial charge in [0.15, 0.2) is 0 Å². The molecule has 0 heterocycles. The Morgan fingerprint density at radius 1 is 1.25 bits per heavy atom. The summed E-state index contributed by atoms with van der Waals surface area (Å²) >= 11 is 1.26. The van der Waals surface area contributed by atoms with E-state index >= 15 is 0 Å². The molecule has 0 atom stereocenters. The summed E-state index contributed by atoms with van der Waals surface area (Å²) in [5.41, 5.74) is 4.41. The molecule has 0 saturated carbocycles. The number of hydrogen-bond donors (Lipinski definition) is 2. The van der Waals surface area contributed by atoms with Gasteiger partial charge in [-0.2, -0.15) is 0 Å². The maximum absolute atomic E-state index is 12.6. The summed E-state index contributed by atoms with van der Waals surface area (Å²) in [7, 11) is 0. The summed E-state index contributed by atoms with van der Waals surface area (Å²) < 4.78 is 12.6. The van der Waals surface area contributed by atoms with E-state index in [1.807, 2.05) is 0 Å². The van der Waals surface area contributed by atoms with Crippen molar-refractivity contribution in [2.24, 2.45) is 0 Å². The molecule has 0 aromatic heterocycles. The first kappa shape index (κ1) is 12.5. The topological polar surface area (TPSA) is 58.2 Å². The lowest BCUT2D eigenvalue weighted by atomic mass is 10.4. The SMILES string of the molecule is CC(=O)NNC(=O)CSc1ccc(F)cc1. The third-order valence-corrected chi connectivity index (χ3v) is 2.57. The fourth-order valence-electron chi connectivity index (χ4n) is 0.874. The standard InChI is InChI=1S/C10H11FN2O2S/c1-7(14)12-13-10(15)6-16-9-4-2-8(11)3-5-9/h2-5H,6H2,1H3,(H,12,14)(H,13,15). The third kappa shape index (κ3) is 4.79. The molecule has 1 aromatic rings. The van der Waals surface area contributed by atoms with Crippen LogP contribution in [0.25, 0.3) is 0 Å². The Morgan fingerprint density at radius 2 is 1.88 bits per heavy atom. The average Bonchev–Trinajstić information content (AvgIpc) is 2.25. The summed E-state index contributed by atoms with van der Waals surface area (Å²) in [6.45, 7) is 1.30. The molecular weight excluding hydrogens is 231 g/mol. The molecule has 0 spiro atoms. The highest BCUT2D eigenvalue weighted by Gasteiger charge is 2.02. The van der Waals surface area contributed by atoms with Crippen LogP contribution in [0, 0.1) is 5.82 Å². The molecule has 16 heavy (non-hydrogen) atoms. The lowest BCUT2D eigenvalue weighted by molar-refractivity contribution is -0.126. The van der Waals surface area contributed by atoms with Gasteiger partial charge in [-0.1, -0.05) is 0 Å². The number of carbonyl (C=O) groups excluding carboxylic acids is 2. The van der Waals surface area contributed by atoms with Gasteiger partial charge in [0.25, 0.3) is 0 Å². The van der Waals surface area contributed by atoms with E-state index in [0.717, 1.165) is 4.90 Å². The minimum absolute atomic E-state index is 0.159. The zero-order chi connectivity index (χ0) is 12.0. The Labute approximate surface area is 96.6 Å². The van der Waals surface area contributed by atoms with Crippen molar-refractivity contribution in [3.8, 4) is 0 Å². The van der Waals surface area contributed by atoms with Gasteiger partial charge in [-0.3, -0.25) is 20.4 Å². The number of halogens is 1. The number of nitrogens with one attached hydrogen (secondary N) is 2. The van der Waals surface area contributed by atoms with Crippen LogP contribution in [0.4, 0.5) is 4.39 Å². The van der Waals surface area contributed by atoms with Gasteiger partial charge in [-0.15, -0.1) is 11.8 Å². The van der Waals surface area contributed by atoms with Gasteiger partial charge in [0.1, 0.15) is 5.82 Å². The van der Waals surface area contributed by atoms with Crippen LogP contribution in [0.2, 0.25) is 0 Å². The van der Waals surface area contributed by atoms with Crippen molar-refractivity contribution in [2.75, 3.05) is 5.75 Å². The van der Waals surface area contributed by atoms with E-state index < -0.39 is 0 Å². The van der Waals surface area contributed by atoms with Crippen LogP contribution in [-0.2, 0) is 9.59 Å². The fraction of sp³-hybridized carbons (Fsp3) is 0.200. The Kier molecular flexibility index (Phi) is 4.78. The number of amides is 2. The zero-order valence-corrected chi connectivity index (χ0v) is 9.44. The number of carbonyl (C=O) groups is 2. The zero-order valence-electron chi connectivity index (χ0n) is 8.62. The summed E-state index contributed by atoms with van der Waals surface area (Å²) in [5, 5.41) is 0. The molecule has 86 valence electrons. The van der Waals surface area contributed by atoms with Crippen LogP contribution in [-0.4, -0.2) is 17.6 Å². The molecule has 0 aliphatic heterocycles. The molecule has 1 rings (SSSR count). The maximum Gasteiger partial charge on any atom is 0.248 e. The Balaban J connectivity index is 2.31. The Hall–Kier alpha value is -1.56. The van der Waals surface area contributed by atoms with Gasteiger partial charge in [-0.25, -0.2) is 4.39 Å². The second-order valence-corrected chi connectivity index (χ2v) is 4.02. The van der Waals surface area contributed by atoms with E-state index in [1.165, 1.54) is 30.8 Å². The monoisotopic (exact) mass is 242 g/mol. The summed E-state index contributed by atoms with van der Waals surface area (Å²) in [4.78, 5) is 22.4. The molecule has 2 N–H and O–H groups in total. The summed E-state index contributed by atoms with van der Waals surface area (Å²) in [6.07, 6.45) is 0. The lowest BCUT2D eigenvalue weighted by Crippen LogP contribution is -2.41. The van der Waals surface area contributed by atoms with Crippen LogP contribution in [0.15, 0.2) is 29.2 Å². The number of hydrazine groups is 1. The van der Waals surface area contributed by atoms with Crippen molar-refractivity contribution in [2.45, 2.75) is 11.8 Å². The molecule has 0 fully saturated rings. The minimum Gasteiger partial charge on any atom is -0.274 e. The molecule has 4 nitrogen and oxygen atoms in total. The van der Waals surface area contributed by atoms with E-state index in [0.29, 0.717) is 0 Å². The van der Waals surface area contributed by atoms with Gasteiger partial charge in [0, 0.05) is 11.8 Å². The summed E-state index contributed by atoms with van der Waals surface area (Å²) in [6, 6.07) is 5.83. The van der Waals surface area contributed by atoms with Crippen LogP contribution in [0.5, 0.6) is 0 Å². The third-order valence-electron chi connectivity index (χ3n) is 1.56. The van der Waals surface area contributed by atoms with Gasteiger partial charge in [-0.05, 0) is 24.3 Å². The van der Waals surface area contributed by atoms with E-state index in [9.17, 15) is 14.0 Å². The van der Waals surface area contributed by atoms with Gasteiger partial charge in [0.05, 0.1) is 5.75 Å². The highest BCUT2D eigenvalue weighted by Crippen LogP contribution is 2.17. The van der Waals surface area contributed by atoms with Gasteiger partial charge in [0.2, 0.25) is 11.8 Å². The van der Waals surface area contributed by atoms with Crippen LogP contribution in [0.1, 0.15) is 6.92 Å². The molecule has 0 bridgehead atoms. The molecule has 6 heteroatoms. The van der Waals surface area contributed by atoms with Crippen molar-refractivity contribution in [1.29, 1.82) is 0 Å². The normalized spacial score (nSPS) is 9.62. The summed E-state index contributed by atoms with van der Waals surface area (Å²) in [5.74, 6) is -0.803. The molecule has 0 aliphatic rings. The van der Waals surface area contributed by atoms with Crippen LogP contribution < -0.4 is 10.9 Å². The van der Waals surface area contributed by atoms with E-state index in [1.54, 1.807) is 12.1 Å². The molecular formula is C10H11FN2O2S. The Bertz CT molecular complexity index is 381. The first-order chi connectivity index (χ1) is 7.58. The van der Waals surface area contributed by atoms with Crippen molar-refractivity contribution in [1.82, 2.24) is 10.9 Å². The number of rotatable bonds is 3. The average molecular weight is 242 g/mol. The number of benzene rings is 1. The molecule has 0 aliphatic carbocycles. The predicted molar refractivity (Wildman–Crippen MR) is 59.1 cm³/mol. The van der Waals surface area contributed by atoms with Gasteiger partial charge >= 0.3 is 0 Å². The minimum atomic E-state index is -0.333. The van der Waals surface area contributed by atoms with E-state index in [4.69, 9.17) is 0 Å². The maximum atomic E-state index is 12.6. The molecule has 0 radical (unpaired) electrons. The van der Waals surface area contributed by atoms with Crippen molar-refractivity contribution >= 4 is 23.6 Å². The molecule has 0 unspecified atom stereocenters. The first-order valence-electron chi connectivity index (χ1n) is 4.51. The van der Waals surface area contributed by atoms with E-state index in [-0.39, 0.29) is 23.4 Å². The first-order valence-corrected chi connectivity index (χ1v) is 5.50. The number of thioether (sulfide) groups is 1. The fourth-order valence-corrected chi connectivity index (χ4v) is 1.57. The second kappa shape index (κ2) is 6.12. The van der Waals surface area contributed by atoms with Crippen molar-refractivity contribution in [3.63, 3.8) is 0 Å². The molecule has 2 amide bonds. The van der Waals surface area contributed by atoms with Crippen molar-refractivity contribution < 1.29 is 14.0 Å². The molecule has 0 saturated heterocycles. The smallest absolute Gasteiger partial charge is 0.248 e. The molecule has 1 aromatic carbocycles. The van der Waals surface area contributed by atoms with Crippen LogP contribution in [0.3, 0.4) is 0 Å².